The van der Waals surface area contributed by atoms with Gasteiger partial charge < -0.3 is 20.4 Å². The minimum Gasteiger partial charge on any atom is -0.393 e. The highest BCUT2D eigenvalue weighted by molar-refractivity contribution is 5.17. The van der Waals surface area contributed by atoms with E-state index in [-0.39, 0.29) is 5.41 Å². The van der Waals surface area contributed by atoms with E-state index in [1.165, 1.54) is 25.7 Å². The van der Waals surface area contributed by atoms with Crippen LogP contribution in [0.1, 0.15) is 106 Å². The summed E-state index contributed by atoms with van der Waals surface area (Å²) in [5, 5.41) is 43.5. The van der Waals surface area contributed by atoms with Gasteiger partial charge in [-0.15, -0.1) is 0 Å². The Kier molecular flexibility index (Phi) is 6.40. The van der Waals surface area contributed by atoms with E-state index in [9.17, 15) is 20.4 Å². The molecular weight excluding hydrogens is 400 g/mol. The quantitative estimate of drug-likeness (QED) is 0.479. The van der Waals surface area contributed by atoms with Gasteiger partial charge in [-0.2, -0.15) is 0 Å². The summed E-state index contributed by atoms with van der Waals surface area (Å²) >= 11 is 0. The van der Waals surface area contributed by atoms with Gasteiger partial charge in [0.15, 0.2) is 0 Å². The highest BCUT2D eigenvalue weighted by atomic mass is 16.3. The van der Waals surface area contributed by atoms with Gasteiger partial charge in [-0.05, 0) is 106 Å². The third kappa shape index (κ3) is 3.71. The number of aliphatic hydroxyl groups excluding tert-OH is 2. The first-order valence-corrected chi connectivity index (χ1v) is 13.5. The van der Waals surface area contributed by atoms with Gasteiger partial charge in [0.25, 0.3) is 0 Å². The fourth-order valence-corrected chi connectivity index (χ4v) is 9.30. The molecule has 0 spiro atoms. The molecule has 0 heterocycles. The van der Waals surface area contributed by atoms with E-state index in [0.717, 1.165) is 25.7 Å². The molecule has 4 aliphatic carbocycles. The van der Waals surface area contributed by atoms with Gasteiger partial charge in [0.2, 0.25) is 0 Å². The lowest BCUT2D eigenvalue weighted by molar-refractivity contribution is -0.264. The number of rotatable bonds is 5. The van der Waals surface area contributed by atoms with Crippen LogP contribution in [0.15, 0.2) is 0 Å². The molecule has 4 nitrogen and oxygen atoms in total. The molecule has 0 radical (unpaired) electrons. The van der Waals surface area contributed by atoms with Crippen LogP contribution in [0, 0.1) is 46.3 Å². The summed E-state index contributed by atoms with van der Waals surface area (Å²) in [6.07, 6.45) is 8.50. The van der Waals surface area contributed by atoms with Gasteiger partial charge in [-0.25, -0.2) is 0 Å². The van der Waals surface area contributed by atoms with E-state index >= 15 is 0 Å². The van der Waals surface area contributed by atoms with Crippen LogP contribution in [0.4, 0.5) is 0 Å². The van der Waals surface area contributed by atoms with Crippen molar-refractivity contribution in [2.75, 3.05) is 0 Å². The standard InChI is InChI=1S/C28H50O4/c1-17(7-8-18(2)25(3,4)31)21-9-10-22-20-15-24(30)28(32)16-19(29)11-14-27(28,6)23(20)12-13-26(21,22)5/h17-24,29-32H,7-16H2,1-6H3/t17-,18+,19?,20+,21-,22+,23+,24?,26-,27-,28?/m1/s1. The number of aliphatic hydroxyl groups is 4. The molecule has 4 rings (SSSR count). The zero-order valence-corrected chi connectivity index (χ0v) is 21.5. The SMILES string of the molecule is C[C@H](CC[C@H](C)C(C)(C)O)[C@H]1CC[C@H]2[C@@H]3CC(O)C4(O)CC(O)CC[C@]4(C)[C@H]3CC[C@]12C. The molecule has 0 saturated heterocycles. The normalized spacial score (nSPS) is 50.8. The van der Waals surface area contributed by atoms with Crippen molar-refractivity contribution in [1.29, 1.82) is 0 Å². The molecule has 0 aromatic heterocycles. The Hall–Kier alpha value is -0.160. The second kappa shape index (κ2) is 8.21. The van der Waals surface area contributed by atoms with Gasteiger partial charge in [0.05, 0.1) is 23.4 Å². The first kappa shape index (κ1) is 24.9. The highest BCUT2D eigenvalue weighted by Crippen LogP contribution is 2.69. The fraction of sp³-hybridized carbons (Fsp3) is 1.00. The average Bonchev–Trinajstić information content (AvgIpc) is 3.05. The van der Waals surface area contributed by atoms with Crippen molar-refractivity contribution in [3.8, 4) is 0 Å². The maximum atomic E-state index is 11.6. The monoisotopic (exact) mass is 450 g/mol. The largest absolute Gasteiger partial charge is 0.393 e. The molecule has 0 aromatic carbocycles. The minimum absolute atomic E-state index is 0.290. The van der Waals surface area contributed by atoms with Crippen molar-refractivity contribution >= 4 is 0 Å². The van der Waals surface area contributed by atoms with Gasteiger partial charge in [-0.3, -0.25) is 0 Å². The first-order valence-electron chi connectivity index (χ1n) is 13.5. The van der Waals surface area contributed by atoms with Gasteiger partial charge >= 0.3 is 0 Å². The number of hydrogen-bond acceptors (Lipinski definition) is 4. The zero-order chi connectivity index (χ0) is 23.7. The van der Waals surface area contributed by atoms with E-state index < -0.39 is 23.4 Å². The molecule has 0 aliphatic heterocycles. The second-order valence-electron chi connectivity index (χ2n) is 13.7. The van der Waals surface area contributed by atoms with E-state index in [1.54, 1.807) is 0 Å². The smallest absolute Gasteiger partial charge is 0.0985 e. The van der Waals surface area contributed by atoms with Crippen LogP contribution in [0.3, 0.4) is 0 Å². The summed E-state index contributed by atoms with van der Waals surface area (Å²) in [5.74, 6) is 3.22. The summed E-state index contributed by atoms with van der Waals surface area (Å²) in [6.45, 7) is 13.2. The van der Waals surface area contributed by atoms with Crippen molar-refractivity contribution in [2.24, 2.45) is 46.3 Å². The van der Waals surface area contributed by atoms with Crippen molar-refractivity contribution in [1.82, 2.24) is 0 Å². The van der Waals surface area contributed by atoms with Crippen LogP contribution in [0.25, 0.3) is 0 Å². The minimum atomic E-state index is -1.14. The molecule has 0 amide bonds. The van der Waals surface area contributed by atoms with E-state index in [2.05, 4.69) is 27.7 Å². The second-order valence-corrected chi connectivity index (χ2v) is 13.7. The molecule has 4 N–H and O–H groups in total. The lowest BCUT2D eigenvalue weighted by Gasteiger charge is -2.65. The summed E-state index contributed by atoms with van der Waals surface area (Å²) < 4.78 is 0. The van der Waals surface area contributed by atoms with E-state index in [1.807, 2.05) is 13.8 Å². The Labute approximate surface area is 196 Å². The first-order chi connectivity index (χ1) is 14.7. The van der Waals surface area contributed by atoms with Crippen LogP contribution in [0.5, 0.6) is 0 Å². The van der Waals surface area contributed by atoms with E-state index in [4.69, 9.17) is 0 Å². The summed E-state index contributed by atoms with van der Waals surface area (Å²) in [5.41, 5.74) is -1.73. The van der Waals surface area contributed by atoms with Gasteiger partial charge in [-0.1, -0.05) is 34.1 Å². The van der Waals surface area contributed by atoms with Gasteiger partial charge in [0.1, 0.15) is 0 Å². The predicted molar refractivity (Wildman–Crippen MR) is 128 cm³/mol. The molecule has 3 unspecified atom stereocenters. The topological polar surface area (TPSA) is 80.9 Å². The van der Waals surface area contributed by atoms with Crippen molar-refractivity contribution in [2.45, 2.75) is 129 Å². The summed E-state index contributed by atoms with van der Waals surface area (Å²) in [6, 6.07) is 0. The lowest BCUT2D eigenvalue weighted by Crippen LogP contribution is -2.68. The Morgan fingerprint density at radius 1 is 0.938 bits per heavy atom. The molecule has 4 aliphatic rings. The van der Waals surface area contributed by atoms with Crippen LogP contribution in [0.2, 0.25) is 0 Å². The number of hydrogen-bond donors (Lipinski definition) is 4. The number of fused-ring (bicyclic) bond motifs is 5. The molecule has 4 fully saturated rings. The highest BCUT2D eigenvalue weighted by Gasteiger charge is 2.67. The third-order valence-corrected chi connectivity index (χ3v) is 11.9. The zero-order valence-electron chi connectivity index (χ0n) is 21.5. The molecule has 32 heavy (non-hydrogen) atoms. The summed E-state index contributed by atoms with van der Waals surface area (Å²) in [4.78, 5) is 0. The van der Waals surface area contributed by atoms with E-state index in [0.29, 0.717) is 53.8 Å². The third-order valence-electron chi connectivity index (χ3n) is 11.9. The maximum absolute atomic E-state index is 11.6. The molecule has 4 heteroatoms. The Balaban J connectivity index is 1.51. The van der Waals surface area contributed by atoms with Crippen molar-refractivity contribution in [3.63, 3.8) is 0 Å². The summed E-state index contributed by atoms with van der Waals surface area (Å²) in [7, 11) is 0. The lowest BCUT2D eigenvalue weighted by atomic mass is 9.42. The van der Waals surface area contributed by atoms with Crippen molar-refractivity contribution in [3.05, 3.63) is 0 Å². The Bertz CT molecular complexity index is 687. The average molecular weight is 451 g/mol. The van der Waals surface area contributed by atoms with Crippen LogP contribution >= 0.6 is 0 Å². The van der Waals surface area contributed by atoms with Crippen LogP contribution in [-0.4, -0.2) is 43.8 Å². The van der Waals surface area contributed by atoms with Crippen LogP contribution in [-0.2, 0) is 0 Å². The molecule has 0 aromatic rings. The van der Waals surface area contributed by atoms with Crippen LogP contribution < -0.4 is 0 Å². The maximum Gasteiger partial charge on any atom is 0.0985 e. The molecular formula is C28H50O4. The predicted octanol–water partition coefficient (Wildman–Crippen LogP) is 4.92. The molecule has 11 atom stereocenters. The Morgan fingerprint density at radius 2 is 1.62 bits per heavy atom. The van der Waals surface area contributed by atoms with Gasteiger partial charge in [0, 0.05) is 11.8 Å². The Morgan fingerprint density at radius 3 is 2.28 bits per heavy atom. The fourth-order valence-electron chi connectivity index (χ4n) is 9.30. The molecule has 0 bridgehead atoms. The molecule has 4 saturated carbocycles. The van der Waals surface area contributed by atoms with Crippen molar-refractivity contribution < 1.29 is 20.4 Å². The molecule has 186 valence electrons.